The van der Waals surface area contributed by atoms with Gasteiger partial charge in [-0.25, -0.2) is 0 Å². The molecule has 6 rings (SSSR count). The van der Waals surface area contributed by atoms with Gasteiger partial charge in [-0.15, -0.1) is 0 Å². The molecule has 1 aromatic heterocycles. The van der Waals surface area contributed by atoms with Gasteiger partial charge in [-0.3, -0.25) is 24.4 Å². The van der Waals surface area contributed by atoms with Gasteiger partial charge in [0.15, 0.2) is 0 Å². The fourth-order valence-electron chi connectivity index (χ4n) is 7.33. The van der Waals surface area contributed by atoms with Crippen LogP contribution in [0.3, 0.4) is 0 Å². The summed E-state index contributed by atoms with van der Waals surface area (Å²) in [6, 6.07) is 27.5. The molecule has 8 nitrogen and oxygen atoms in total. The van der Waals surface area contributed by atoms with E-state index in [9.17, 15) is 9.59 Å². The highest BCUT2D eigenvalue weighted by molar-refractivity contribution is 5.78. The van der Waals surface area contributed by atoms with Crippen LogP contribution in [0.25, 0.3) is 0 Å². The van der Waals surface area contributed by atoms with Crippen LogP contribution in [0, 0.1) is 11.8 Å². The Hall–Kier alpha value is -3.59. The molecular formula is C39H51N5O3. The lowest BCUT2D eigenvalue weighted by molar-refractivity contribution is -0.134. The maximum atomic E-state index is 13.4. The predicted molar refractivity (Wildman–Crippen MR) is 185 cm³/mol. The van der Waals surface area contributed by atoms with Gasteiger partial charge in [-0.2, -0.15) is 0 Å². The first-order chi connectivity index (χ1) is 23.1. The average molecular weight is 638 g/mol. The van der Waals surface area contributed by atoms with E-state index in [0.29, 0.717) is 64.3 Å². The maximum Gasteiger partial charge on any atom is 0.236 e. The zero-order valence-corrected chi connectivity index (χ0v) is 27.8. The molecule has 2 fully saturated rings. The SMILES string of the molecule is O=C(CN1CCOCCN(CC(=O)N2CCC(Cc3ccccc3)CC2)Cc2cccc(n2)C1)N1CCC(Cc2ccccc2)CC1. The van der Waals surface area contributed by atoms with Crippen LogP contribution in [0.1, 0.15) is 48.2 Å². The number of ether oxygens (including phenoxy) is 1. The van der Waals surface area contributed by atoms with Crippen molar-refractivity contribution in [1.82, 2.24) is 24.6 Å². The summed E-state index contributed by atoms with van der Waals surface area (Å²) in [6.45, 7) is 7.69. The lowest BCUT2D eigenvalue weighted by Crippen LogP contribution is -2.45. The van der Waals surface area contributed by atoms with E-state index in [1.807, 2.05) is 21.9 Å². The third-order valence-electron chi connectivity index (χ3n) is 10.1. The normalized spacial score (nSPS) is 19.6. The van der Waals surface area contributed by atoms with Crippen molar-refractivity contribution in [2.75, 3.05) is 65.6 Å². The molecule has 4 heterocycles. The molecule has 250 valence electrons. The summed E-state index contributed by atoms with van der Waals surface area (Å²) in [6.07, 6.45) is 6.40. The van der Waals surface area contributed by atoms with Crippen molar-refractivity contribution in [1.29, 1.82) is 0 Å². The summed E-state index contributed by atoms with van der Waals surface area (Å²) >= 11 is 0. The molecule has 0 atom stereocenters. The number of benzene rings is 2. The summed E-state index contributed by atoms with van der Waals surface area (Å²) < 4.78 is 6.07. The quantitative estimate of drug-likeness (QED) is 0.358. The second-order valence-corrected chi connectivity index (χ2v) is 13.7. The number of hydrogen-bond acceptors (Lipinski definition) is 6. The van der Waals surface area contributed by atoms with Gasteiger partial charge >= 0.3 is 0 Å². The van der Waals surface area contributed by atoms with Gasteiger partial charge in [-0.1, -0.05) is 66.7 Å². The number of amides is 2. The second kappa shape index (κ2) is 17.0. The minimum absolute atomic E-state index is 0.195. The van der Waals surface area contributed by atoms with E-state index >= 15 is 0 Å². The van der Waals surface area contributed by atoms with Crippen LogP contribution in [0.5, 0.6) is 0 Å². The van der Waals surface area contributed by atoms with Gasteiger partial charge in [0.1, 0.15) is 0 Å². The standard InChI is InChI=1S/C39H51N5O3/c45-38(43-18-14-34(15-19-43)26-32-8-3-1-4-9-32)30-41-22-24-47-25-23-42(29-37-13-7-12-36(28-41)40-37)31-39(46)44-20-16-35(17-21-44)27-33-10-5-2-6-11-33/h1-13,34-35H,14-31H2. The minimum Gasteiger partial charge on any atom is -0.379 e. The first-order valence-corrected chi connectivity index (χ1v) is 17.7. The maximum absolute atomic E-state index is 13.4. The van der Waals surface area contributed by atoms with Crippen molar-refractivity contribution < 1.29 is 14.3 Å². The monoisotopic (exact) mass is 637 g/mol. The van der Waals surface area contributed by atoms with E-state index in [1.54, 1.807) is 0 Å². The summed E-state index contributed by atoms with van der Waals surface area (Å²) in [5.74, 6) is 1.66. The zero-order valence-electron chi connectivity index (χ0n) is 27.8. The number of pyridine rings is 1. The first-order valence-electron chi connectivity index (χ1n) is 17.7. The molecule has 3 aliphatic heterocycles. The molecule has 0 unspecified atom stereocenters. The van der Waals surface area contributed by atoms with Gasteiger partial charge in [0.05, 0.1) is 37.7 Å². The van der Waals surface area contributed by atoms with Crippen LogP contribution < -0.4 is 0 Å². The summed E-state index contributed by atoms with van der Waals surface area (Å²) in [5.41, 5.74) is 4.67. The smallest absolute Gasteiger partial charge is 0.236 e. The Morgan fingerprint density at radius 3 is 1.43 bits per heavy atom. The highest BCUT2D eigenvalue weighted by Crippen LogP contribution is 2.23. The topological polar surface area (TPSA) is 69.2 Å². The van der Waals surface area contributed by atoms with Crippen molar-refractivity contribution in [2.24, 2.45) is 11.8 Å². The molecule has 0 aliphatic carbocycles. The third-order valence-corrected chi connectivity index (χ3v) is 10.1. The minimum atomic E-state index is 0.195. The van der Waals surface area contributed by atoms with Crippen molar-refractivity contribution >= 4 is 11.8 Å². The summed E-state index contributed by atoms with van der Waals surface area (Å²) in [7, 11) is 0. The first kappa shape index (κ1) is 33.3. The summed E-state index contributed by atoms with van der Waals surface area (Å²) in [4.78, 5) is 40.2. The van der Waals surface area contributed by atoms with E-state index in [4.69, 9.17) is 9.72 Å². The van der Waals surface area contributed by atoms with Crippen LogP contribution in [0.2, 0.25) is 0 Å². The molecule has 0 N–H and O–H groups in total. The molecule has 3 aromatic rings. The van der Waals surface area contributed by atoms with Crippen LogP contribution in [-0.2, 0) is 40.3 Å². The van der Waals surface area contributed by atoms with Crippen LogP contribution in [-0.4, -0.2) is 102 Å². The second-order valence-electron chi connectivity index (χ2n) is 13.7. The number of carbonyl (C=O) groups excluding carboxylic acids is 2. The van der Waals surface area contributed by atoms with Crippen molar-refractivity contribution in [2.45, 2.75) is 51.6 Å². The number of aromatic nitrogens is 1. The van der Waals surface area contributed by atoms with Gasteiger partial charge in [0.2, 0.25) is 11.8 Å². The molecule has 0 saturated carbocycles. The van der Waals surface area contributed by atoms with Gasteiger partial charge in [-0.05, 0) is 73.6 Å². The Bertz CT molecular complexity index is 1300. The van der Waals surface area contributed by atoms with E-state index in [0.717, 1.165) is 76.1 Å². The Balaban J connectivity index is 0.981. The van der Waals surface area contributed by atoms with Crippen molar-refractivity contribution in [3.05, 3.63) is 101 Å². The Morgan fingerprint density at radius 1 is 0.574 bits per heavy atom. The molecule has 2 saturated heterocycles. The molecule has 0 radical (unpaired) electrons. The Labute approximate surface area is 280 Å². The van der Waals surface area contributed by atoms with Crippen molar-refractivity contribution in [3.8, 4) is 0 Å². The number of piperidine rings is 2. The van der Waals surface area contributed by atoms with Gasteiger partial charge < -0.3 is 14.5 Å². The Kier molecular flexibility index (Phi) is 12.0. The number of nitrogens with zero attached hydrogens (tertiary/aromatic N) is 5. The highest BCUT2D eigenvalue weighted by Gasteiger charge is 2.26. The number of fused-ring (bicyclic) bond motifs is 2. The van der Waals surface area contributed by atoms with Crippen LogP contribution in [0.4, 0.5) is 0 Å². The fourth-order valence-corrected chi connectivity index (χ4v) is 7.33. The van der Waals surface area contributed by atoms with E-state index in [-0.39, 0.29) is 11.8 Å². The van der Waals surface area contributed by atoms with E-state index < -0.39 is 0 Å². The molecule has 2 bridgehead atoms. The Morgan fingerprint density at radius 2 is 1.00 bits per heavy atom. The van der Waals surface area contributed by atoms with Gasteiger partial charge in [0.25, 0.3) is 0 Å². The van der Waals surface area contributed by atoms with Crippen LogP contribution >= 0.6 is 0 Å². The molecule has 8 heteroatoms. The van der Waals surface area contributed by atoms with Crippen molar-refractivity contribution in [3.63, 3.8) is 0 Å². The number of rotatable bonds is 8. The van der Waals surface area contributed by atoms with Crippen LogP contribution in [0.15, 0.2) is 78.9 Å². The molecular weight excluding hydrogens is 586 g/mol. The number of hydrogen-bond donors (Lipinski definition) is 0. The largest absolute Gasteiger partial charge is 0.379 e. The van der Waals surface area contributed by atoms with Gasteiger partial charge in [0, 0.05) is 52.4 Å². The molecule has 47 heavy (non-hydrogen) atoms. The average Bonchev–Trinajstić information content (AvgIpc) is 3.09. The lowest BCUT2D eigenvalue weighted by atomic mass is 9.90. The highest BCUT2D eigenvalue weighted by atomic mass is 16.5. The molecule has 2 aromatic carbocycles. The van der Waals surface area contributed by atoms with E-state index in [1.165, 1.54) is 11.1 Å². The molecule has 2 amide bonds. The van der Waals surface area contributed by atoms with E-state index in [2.05, 4.69) is 76.5 Å². The molecule has 3 aliphatic rings. The summed E-state index contributed by atoms with van der Waals surface area (Å²) in [5, 5.41) is 0. The molecule has 0 spiro atoms. The fraction of sp³-hybridized carbons (Fsp3) is 0.513. The third kappa shape index (κ3) is 10.2. The predicted octanol–water partition coefficient (Wildman–Crippen LogP) is 4.68. The number of carbonyl (C=O) groups is 2. The zero-order chi connectivity index (χ0) is 32.3. The lowest BCUT2D eigenvalue weighted by Gasteiger charge is -2.34. The number of likely N-dealkylation sites (tertiary alicyclic amines) is 2.